The third-order valence-electron chi connectivity index (χ3n) is 2.66. The molecule has 16 heavy (non-hydrogen) atoms. The second kappa shape index (κ2) is 4.87. The van der Waals surface area contributed by atoms with Crippen molar-refractivity contribution in [3.63, 3.8) is 0 Å². The van der Waals surface area contributed by atoms with E-state index in [1.54, 1.807) is 0 Å². The number of hydrogen-bond donors (Lipinski definition) is 2. The molecule has 0 bridgehead atoms. The summed E-state index contributed by atoms with van der Waals surface area (Å²) < 4.78 is 43.2. The Kier molecular flexibility index (Phi) is 4.17. The summed E-state index contributed by atoms with van der Waals surface area (Å²) in [6.45, 7) is 0.0172. The maximum Gasteiger partial charge on any atom is 0.406 e. The Morgan fingerprint density at radius 3 is 2.31 bits per heavy atom. The van der Waals surface area contributed by atoms with Crippen molar-refractivity contribution in [2.24, 2.45) is 0 Å². The lowest BCUT2D eigenvalue weighted by molar-refractivity contribution is -0.241. The average Bonchev–Trinajstić information content (AvgIpc) is 2.09. The quantitative estimate of drug-likeness (QED) is 0.716. The number of rotatable bonds is 2. The van der Waals surface area contributed by atoms with Crippen molar-refractivity contribution in [1.29, 1.82) is 0 Å². The predicted molar refractivity (Wildman–Crippen MR) is 49.9 cm³/mol. The minimum atomic E-state index is -4.51. The van der Waals surface area contributed by atoms with E-state index in [0.29, 0.717) is 0 Å². The Bertz CT molecular complexity index is 235. The zero-order valence-corrected chi connectivity index (χ0v) is 9.11. The van der Waals surface area contributed by atoms with Crippen LogP contribution >= 0.6 is 0 Å². The summed E-state index contributed by atoms with van der Waals surface area (Å²) in [5.74, 6) is 0. The lowest BCUT2D eigenvalue weighted by Crippen LogP contribution is -2.59. The molecule has 0 unspecified atom stereocenters. The fraction of sp³-hybridized carbons (Fsp3) is 1.00. The van der Waals surface area contributed by atoms with Crippen LogP contribution in [0.15, 0.2) is 0 Å². The van der Waals surface area contributed by atoms with Crippen molar-refractivity contribution < 1.29 is 28.1 Å². The van der Waals surface area contributed by atoms with Gasteiger partial charge < -0.3 is 14.9 Å². The lowest BCUT2D eigenvalue weighted by Gasteiger charge is -2.40. The molecule has 0 radical (unpaired) electrons. The normalized spacial score (nSPS) is 34.1. The molecule has 0 aromatic carbocycles. The summed E-state index contributed by atoms with van der Waals surface area (Å²) in [5, 5.41) is 18.8. The highest BCUT2D eigenvalue weighted by Gasteiger charge is 2.51. The van der Waals surface area contributed by atoms with Gasteiger partial charge in [-0.25, -0.2) is 0 Å². The molecule has 1 aliphatic rings. The number of ether oxygens (including phenoxy) is 1. The van der Waals surface area contributed by atoms with Crippen molar-refractivity contribution >= 4 is 0 Å². The summed E-state index contributed by atoms with van der Waals surface area (Å²) in [4.78, 5) is 0.936. The van der Waals surface area contributed by atoms with Gasteiger partial charge in [0.2, 0.25) is 0 Å². The van der Waals surface area contributed by atoms with E-state index in [1.807, 2.05) is 0 Å². The van der Waals surface area contributed by atoms with Crippen LogP contribution in [0.5, 0.6) is 0 Å². The van der Waals surface area contributed by atoms with Crippen molar-refractivity contribution in [2.75, 3.05) is 20.7 Å². The first kappa shape index (κ1) is 13.7. The van der Waals surface area contributed by atoms with Crippen LogP contribution in [0, 0.1) is 0 Å². The van der Waals surface area contributed by atoms with Crippen molar-refractivity contribution in [1.82, 2.24) is 4.90 Å². The molecule has 1 fully saturated rings. The first-order valence-corrected chi connectivity index (χ1v) is 4.96. The van der Waals surface area contributed by atoms with Crippen molar-refractivity contribution in [3.05, 3.63) is 0 Å². The zero-order valence-electron chi connectivity index (χ0n) is 9.11. The first-order valence-electron chi connectivity index (χ1n) is 4.96. The van der Waals surface area contributed by atoms with Crippen LogP contribution in [0.2, 0.25) is 0 Å². The minimum absolute atomic E-state index is 0.0172. The van der Waals surface area contributed by atoms with E-state index in [1.165, 1.54) is 14.1 Å². The molecule has 1 rings (SSSR count). The van der Waals surface area contributed by atoms with Gasteiger partial charge >= 0.3 is 6.18 Å². The standard InChI is InChI=1S/C9H16F3NO3/c1-13(2)8(9(10,11)12)7-6(15)5(14)3-4-16-7/h5-8,14-15H,3-4H2,1-2H3/t5-,6+,7+,8-/m1/s1. The first-order chi connectivity index (χ1) is 7.25. The average molecular weight is 243 g/mol. The van der Waals surface area contributed by atoms with E-state index < -0.39 is 30.5 Å². The van der Waals surface area contributed by atoms with Gasteiger partial charge in [0.1, 0.15) is 18.2 Å². The molecule has 0 aromatic heterocycles. The zero-order chi connectivity index (χ0) is 12.5. The maximum absolute atomic E-state index is 12.7. The van der Waals surface area contributed by atoms with Crippen LogP contribution in [0.3, 0.4) is 0 Å². The fourth-order valence-electron chi connectivity index (χ4n) is 1.86. The maximum atomic E-state index is 12.7. The van der Waals surface area contributed by atoms with E-state index >= 15 is 0 Å². The molecule has 4 nitrogen and oxygen atoms in total. The third-order valence-corrected chi connectivity index (χ3v) is 2.66. The van der Waals surface area contributed by atoms with E-state index in [4.69, 9.17) is 4.74 Å². The van der Waals surface area contributed by atoms with Crippen LogP contribution in [-0.2, 0) is 4.74 Å². The highest BCUT2D eigenvalue weighted by atomic mass is 19.4. The van der Waals surface area contributed by atoms with Crippen molar-refractivity contribution in [2.45, 2.75) is 37.0 Å². The number of nitrogens with zero attached hydrogens (tertiary/aromatic N) is 1. The van der Waals surface area contributed by atoms with E-state index in [-0.39, 0.29) is 13.0 Å². The van der Waals surface area contributed by atoms with Gasteiger partial charge in [0, 0.05) is 6.61 Å². The molecule has 1 heterocycles. The van der Waals surface area contributed by atoms with Crippen LogP contribution in [0.25, 0.3) is 0 Å². The number of halogens is 3. The molecule has 1 aliphatic heterocycles. The van der Waals surface area contributed by atoms with E-state index in [0.717, 1.165) is 4.90 Å². The summed E-state index contributed by atoms with van der Waals surface area (Å²) in [5.41, 5.74) is 0. The number of aliphatic hydroxyl groups is 2. The second-order valence-electron chi connectivity index (χ2n) is 4.13. The Labute approximate surface area is 91.6 Å². The van der Waals surface area contributed by atoms with Gasteiger partial charge in [0.15, 0.2) is 0 Å². The molecular formula is C9H16F3NO3. The molecule has 4 atom stereocenters. The summed E-state index contributed by atoms with van der Waals surface area (Å²) >= 11 is 0. The topological polar surface area (TPSA) is 52.9 Å². The molecule has 0 spiro atoms. The Balaban J connectivity index is 2.86. The highest BCUT2D eigenvalue weighted by Crippen LogP contribution is 2.31. The summed E-state index contributed by atoms with van der Waals surface area (Å²) in [7, 11) is 2.52. The molecule has 0 saturated carbocycles. The third kappa shape index (κ3) is 2.85. The highest BCUT2D eigenvalue weighted by molar-refractivity contribution is 4.93. The second-order valence-corrected chi connectivity index (χ2v) is 4.13. The molecule has 0 amide bonds. The van der Waals surface area contributed by atoms with Gasteiger partial charge in [0.05, 0.1) is 6.10 Å². The molecule has 2 N–H and O–H groups in total. The largest absolute Gasteiger partial charge is 0.406 e. The van der Waals surface area contributed by atoms with Gasteiger partial charge in [-0.1, -0.05) is 0 Å². The SMILES string of the molecule is CN(C)[C@H]([C@H]1OCC[C@@H](O)[C@@H]1O)C(F)(F)F. The van der Waals surface area contributed by atoms with Crippen LogP contribution in [-0.4, -0.2) is 66.3 Å². The Hall–Kier alpha value is -0.370. The lowest BCUT2D eigenvalue weighted by atomic mass is 9.95. The molecule has 7 heteroatoms. The van der Waals surface area contributed by atoms with Gasteiger partial charge in [-0.2, -0.15) is 13.2 Å². The Morgan fingerprint density at radius 2 is 1.88 bits per heavy atom. The molecule has 0 aromatic rings. The fourth-order valence-corrected chi connectivity index (χ4v) is 1.86. The number of aliphatic hydroxyl groups excluding tert-OH is 2. The number of likely N-dealkylation sites (N-methyl/N-ethyl adjacent to an activating group) is 1. The molecule has 0 aliphatic carbocycles. The van der Waals surface area contributed by atoms with Crippen LogP contribution in [0.4, 0.5) is 13.2 Å². The Morgan fingerprint density at radius 1 is 1.31 bits per heavy atom. The van der Waals surface area contributed by atoms with E-state index in [9.17, 15) is 23.4 Å². The van der Waals surface area contributed by atoms with Gasteiger partial charge in [0.25, 0.3) is 0 Å². The monoisotopic (exact) mass is 243 g/mol. The smallest absolute Gasteiger partial charge is 0.390 e. The molecule has 96 valence electrons. The minimum Gasteiger partial charge on any atom is -0.390 e. The number of alkyl halides is 3. The predicted octanol–water partition coefficient (Wildman–Crippen LogP) is -0.0104. The van der Waals surface area contributed by atoms with Crippen LogP contribution < -0.4 is 0 Å². The van der Waals surface area contributed by atoms with E-state index in [2.05, 4.69) is 0 Å². The van der Waals surface area contributed by atoms with Gasteiger partial charge in [-0.05, 0) is 20.5 Å². The van der Waals surface area contributed by atoms with Gasteiger partial charge in [-0.15, -0.1) is 0 Å². The number of hydrogen-bond acceptors (Lipinski definition) is 4. The molecular weight excluding hydrogens is 227 g/mol. The molecule has 1 saturated heterocycles. The van der Waals surface area contributed by atoms with Crippen molar-refractivity contribution in [3.8, 4) is 0 Å². The van der Waals surface area contributed by atoms with Gasteiger partial charge in [-0.3, -0.25) is 4.90 Å². The summed E-state index contributed by atoms with van der Waals surface area (Å²) in [6, 6.07) is -1.92. The summed E-state index contributed by atoms with van der Waals surface area (Å²) in [6.07, 6.45) is -8.48. The van der Waals surface area contributed by atoms with Crippen LogP contribution in [0.1, 0.15) is 6.42 Å².